The Bertz CT molecular complexity index is 361. The van der Waals surface area contributed by atoms with Crippen molar-refractivity contribution in [2.45, 2.75) is 6.42 Å². The van der Waals surface area contributed by atoms with Gasteiger partial charge in [-0.3, -0.25) is 0 Å². The van der Waals surface area contributed by atoms with E-state index in [2.05, 4.69) is 4.98 Å². The third-order valence-electron chi connectivity index (χ3n) is 1.75. The monoisotopic (exact) mass is 181 g/mol. The number of rotatable bonds is 0. The van der Waals surface area contributed by atoms with Crippen LogP contribution in [0.5, 0.6) is 0 Å². The Balaban J connectivity index is 2.43. The molecule has 0 fully saturated rings. The molecule has 0 aliphatic heterocycles. The minimum absolute atomic E-state index is 0.548. The summed E-state index contributed by atoms with van der Waals surface area (Å²) in [5, 5.41) is 17.6. The van der Waals surface area contributed by atoms with E-state index in [1.54, 1.807) is 17.7 Å². The smallest absolute Gasteiger partial charge is 0.277 e. The van der Waals surface area contributed by atoms with Gasteiger partial charge in [0.05, 0.1) is 11.2 Å². The zero-order valence-corrected chi connectivity index (χ0v) is 7.01. The van der Waals surface area contributed by atoms with Crippen LogP contribution in [0.4, 0.5) is 0 Å². The first-order chi connectivity index (χ1) is 5.77. The van der Waals surface area contributed by atoms with Crippen molar-refractivity contribution in [1.82, 2.24) is 4.98 Å². The lowest BCUT2D eigenvalue weighted by Crippen LogP contribution is -1.97. The molecule has 1 aromatic heterocycles. The van der Waals surface area contributed by atoms with Gasteiger partial charge in [0.2, 0.25) is 0 Å². The van der Waals surface area contributed by atoms with Crippen molar-refractivity contribution in [3.05, 3.63) is 33.7 Å². The van der Waals surface area contributed by atoms with Crippen molar-refractivity contribution in [3.63, 3.8) is 0 Å². The Morgan fingerprint density at radius 1 is 1.42 bits per heavy atom. The Labute approximate surface area is 73.3 Å². The van der Waals surface area contributed by atoms with E-state index in [0.717, 1.165) is 10.6 Å². The quantitative estimate of drug-likeness (QED) is 0.602. The number of allylic oxidation sites excluding steroid dienone is 2. The van der Waals surface area contributed by atoms with E-state index in [1.807, 2.05) is 0 Å². The molecule has 0 saturated heterocycles. The topological polar surface area (TPSA) is 53.4 Å². The van der Waals surface area contributed by atoms with Gasteiger partial charge in [0, 0.05) is 16.9 Å². The van der Waals surface area contributed by atoms with E-state index in [0.29, 0.717) is 12.0 Å². The number of thiazole rings is 1. The van der Waals surface area contributed by atoms with Crippen molar-refractivity contribution in [2.24, 2.45) is 0 Å². The van der Waals surface area contributed by atoms with Crippen molar-refractivity contribution < 1.29 is 10.2 Å². The summed E-state index contributed by atoms with van der Waals surface area (Å²) in [6.45, 7) is 0. The summed E-state index contributed by atoms with van der Waals surface area (Å²) >= 11 is 1.53. The van der Waals surface area contributed by atoms with Crippen LogP contribution in [0, 0.1) is 0 Å². The lowest BCUT2D eigenvalue weighted by atomic mass is 10.1. The summed E-state index contributed by atoms with van der Waals surface area (Å²) in [4.78, 5) is 5.17. The second-order valence-corrected chi connectivity index (χ2v) is 3.46. The predicted molar refractivity (Wildman–Crippen MR) is 47.1 cm³/mol. The first-order valence-electron chi connectivity index (χ1n) is 3.49. The van der Waals surface area contributed by atoms with Crippen LogP contribution in [-0.2, 0) is 6.42 Å². The maximum Gasteiger partial charge on any atom is 0.277 e. The van der Waals surface area contributed by atoms with Gasteiger partial charge in [-0.25, -0.2) is 4.98 Å². The lowest BCUT2D eigenvalue weighted by Gasteiger charge is -2.05. The minimum Gasteiger partial charge on any atom is -0.481 e. The zero-order valence-electron chi connectivity index (χ0n) is 6.19. The normalized spacial score (nSPS) is 14.5. The molecule has 2 rings (SSSR count). The number of nitrogens with zero attached hydrogens (tertiary/aromatic N) is 1. The van der Waals surface area contributed by atoms with Crippen LogP contribution >= 0.6 is 11.3 Å². The maximum atomic E-state index is 8.81. The first kappa shape index (κ1) is 7.36. The van der Waals surface area contributed by atoms with E-state index < -0.39 is 5.95 Å². The summed E-state index contributed by atoms with van der Waals surface area (Å²) in [7, 11) is 0. The zero-order chi connectivity index (χ0) is 8.55. The molecule has 1 aromatic rings. The van der Waals surface area contributed by atoms with Crippen LogP contribution in [0.2, 0.25) is 0 Å². The van der Waals surface area contributed by atoms with Crippen LogP contribution in [0.15, 0.2) is 23.1 Å². The van der Waals surface area contributed by atoms with E-state index in [-0.39, 0.29) is 0 Å². The van der Waals surface area contributed by atoms with Gasteiger partial charge in [-0.2, -0.15) is 0 Å². The molecule has 0 saturated carbocycles. The average Bonchev–Trinajstić information content (AvgIpc) is 2.49. The molecule has 1 heterocycles. The fourth-order valence-corrected chi connectivity index (χ4v) is 1.89. The van der Waals surface area contributed by atoms with Gasteiger partial charge >= 0.3 is 0 Å². The molecule has 0 spiro atoms. The fraction of sp³-hybridized carbons (Fsp3) is 0.125. The molecule has 1 aliphatic carbocycles. The minimum atomic E-state index is -0.592. The van der Waals surface area contributed by atoms with Crippen molar-refractivity contribution in [2.75, 3.05) is 0 Å². The van der Waals surface area contributed by atoms with Crippen LogP contribution in [0.25, 0.3) is 6.08 Å². The lowest BCUT2D eigenvalue weighted by molar-refractivity contribution is 0.186. The highest BCUT2D eigenvalue weighted by Crippen LogP contribution is 2.25. The largest absolute Gasteiger partial charge is 0.481 e. The second kappa shape index (κ2) is 2.64. The molecule has 0 amide bonds. The van der Waals surface area contributed by atoms with E-state index in [9.17, 15) is 0 Å². The summed E-state index contributed by atoms with van der Waals surface area (Å²) in [6.07, 6.45) is 4.04. The standard InChI is InChI=1S/C8H7NO2S/c10-8(11)5-1-2-6-7(3-5)12-4-9-6/h1-2,4,10-11H,3H2. The number of aliphatic hydroxyl groups is 2. The molecule has 62 valence electrons. The van der Waals surface area contributed by atoms with Gasteiger partial charge in [0.25, 0.3) is 5.95 Å². The van der Waals surface area contributed by atoms with Crippen LogP contribution in [-0.4, -0.2) is 15.2 Å². The first-order valence-corrected chi connectivity index (χ1v) is 4.37. The second-order valence-electron chi connectivity index (χ2n) is 2.52. The summed E-state index contributed by atoms with van der Waals surface area (Å²) in [5.74, 6) is -0.592. The number of aromatic nitrogens is 1. The Morgan fingerprint density at radius 3 is 3.00 bits per heavy atom. The molecule has 3 nitrogen and oxygen atoms in total. The van der Waals surface area contributed by atoms with Gasteiger partial charge in [-0.15, -0.1) is 11.3 Å². The molecule has 0 atom stereocenters. The van der Waals surface area contributed by atoms with Gasteiger partial charge in [-0.1, -0.05) is 0 Å². The Morgan fingerprint density at radius 2 is 2.25 bits per heavy atom. The van der Waals surface area contributed by atoms with Crippen LogP contribution < -0.4 is 0 Å². The molecule has 0 bridgehead atoms. The van der Waals surface area contributed by atoms with Gasteiger partial charge in [0.15, 0.2) is 0 Å². The summed E-state index contributed by atoms with van der Waals surface area (Å²) < 4.78 is 0. The molecular weight excluding hydrogens is 174 g/mol. The van der Waals surface area contributed by atoms with Gasteiger partial charge in [0.1, 0.15) is 0 Å². The van der Waals surface area contributed by atoms with Crippen molar-refractivity contribution in [1.29, 1.82) is 0 Å². The van der Waals surface area contributed by atoms with E-state index >= 15 is 0 Å². The summed E-state index contributed by atoms with van der Waals surface area (Å²) in [6, 6.07) is 0. The highest BCUT2D eigenvalue weighted by atomic mass is 32.1. The molecule has 0 aromatic carbocycles. The molecule has 0 unspecified atom stereocenters. The number of hydrogen-bond acceptors (Lipinski definition) is 4. The van der Waals surface area contributed by atoms with Crippen molar-refractivity contribution >= 4 is 17.4 Å². The fourth-order valence-electron chi connectivity index (χ4n) is 1.11. The summed E-state index contributed by atoms with van der Waals surface area (Å²) in [5.41, 5.74) is 3.24. The maximum absolute atomic E-state index is 8.81. The number of aliphatic hydroxyl groups excluding tert-OH is 1. The predicted octanol–water partition coefficient (Wildman–Crippen LogP) is 2.04. The highest BCUT2D eigenvalue weighted by Gasteiger charge is 2.13. The molecule has 2 N–H and O–H groups in total. The number of fused-ring (bicyclic) bond motifs is 1. The van der Waals surface area contributed by atoms with Crippen LogP contribution in [0.1, 0.15) is 10.6 Å². The van der Waals surface area contributed by atoms with Gasteiger partial charge < -0.3 is 10.2 Å². The third kappa shape index (κ3) is 1.10. The Hall–Kier alpha value is -1.29. The highest BCUT2D eigenvalue weighted by molar-refractivity contribution is 7.09. The van der Waals surface area contributed by atoms with E-state index in [1.165, 1.54) is 11.3 Å². The average molecular weight is 181 g/mol. The van der Waals surface area contributed by atoms with Crippen LogP contribution in [0.3, 0.4) is 0 Å². The van der Waals surface area contributed by atoms with Gasteiger partial charge in [-0.05, 0) is 12.2 Å². The van der Waals surface area contributed by atoms with E-state index in [4.69, 9.17) is 10.2 Å². The molecule has 4 heteroatoms. The molecular formula is C8H7NO2S. The van der Waals surface area contributed by atoms with Crippen molar-refractivity contribution in [3.8, 4) is 0 Å². The molecule has 0 radical (unpaired) electrons. The third-order valence-corrected chi connectivity index (χ3v) is 2.60. The molecule has 1 aliphatic rings. The Kier molecular flexibility index (Phi) is 1.62. The number of hydrogen-bond donors (Lipinski definition) is 2. The SMILES string of the molecule is OC(O)=C1C=Cc2ncsc2C1. The molecule has 12 heavy (non-hydrogen) atoms.